The lowest BCUT2D eigenvalue weighted by Crippen LogP contribution is -2.52. The topological polar surface area (TPSA) is 152 Å². The van der Waals surface area contributed by atoms with E-state index in [1.165, 1.54) is 13.2 Å². The number of oxazole rings is 1. The van der Waals surface area contributed by atoms with E-state index in [-0.39, 0.29) is 23.4 Å². The van der Waals surface area contributed by atoms with Gasteiger partial charge in [-0.05, 0) is 55.0 Å². The summed E-state index contributed by atoms with van der Waals surface area (Å²) in [5.41, 5.74) is 6.80. The zero-order valence-electron chi connectivity index (χ0n) is 21.7. The third kappa shape index (κ3) is 7.17. The van der Waals surface area contributed by atoms with Crippen molar-refractivity contribution in [3.63, 3.8) is 0 Å². The predicted molar refractivity (Wildman–Crippen MR) is 150 cm³/mol. The highest BCUT2D eigenvalue weighted by molar-refractivity contribution is 7.99. The highest BCUT2D eigenvalue weighted by Gasteiger charge is 2.22. The zero-order chi connectivity index (χ0) is 28.5. The van der Waals surface area contributed by atoms with Gasteiger partial charge in [-0.3, -0.25) is 30.0 Å². The summed E-state index contributed by atoms with van der Waals surface area (Å²) in [6.07, 6.45) is 0.255. The van der Waals surface area contributed by atoms with Gasteiger partial charge in [-0.25, -0.2) is 4.98 Å². The zero-order valence-corrected chi connectivity index (χ0v) is 22.5. The Bertz CT molecular complexity index is 1490. The number of nitrogens with zero attached hydrogens (tertiary/aromatic N) is 1. The number of thioether (sulfide) groups is 1. The third-order valence-electron chi connectivity index (χ3n) is 5.73. The van der Waals surface area contributed by atoms with Crippen molar-refractivity contribution in [2.45, 2.75) is 24.6 Å². The molecule has 1 heterocycles. The molecule has 0 fully saturated rings. The number of hydrogen-bond donors (Lipinski definition) is 4. The van der Waals surface area contributed by atoms with Crippen molar-refractivity contribution in [1.82, 2.24) is 21.2 Å². The number of hydrogen-bond acceptors (Lipinski definition) is 8. The molecule has 1 atom stereocenters. The molecule has 0 aliphatic carbocycles. The highest BCUT2D eigenvalue weighted by atomic mass is 32.2. The summed E-state index contributed by atoms with van der Waals surface area (Å²) in [4.78, 5) is 55.0. The predicted octanol–water partition coefficient (Wildman–Crippen LogP) is 3.54. The Morgan fingerprint density at radius 3 is 2.38 bits per heavy atom. The van der Waals surface area contributed by atoms with Crippen LogP contribution in [-0.2, 0) is 9.59 Å². The van der Waals surface area contributed by atoms with E-state index in [1.807, 2.05) is 12.1 Å². The molecule has 0 aliphatic rings. The number of methoxy groups -OCH3 is 1. The quantitative estimate of drug-likeness (QED) is 0.170. The molecule has 3 aromatic carbocycles. The van der Waals surface area contributed by atoms with Crippen molar-refractivity contribution in [2.75, 3.05) is 18.2 Å². The molecule has 0 radical (unpaired) electrons. The maximum absolute atomic E-state index is 13.0. The van der Waals surface area contributed by atoms with Gasteiger partial charge in [-0.1, -0.05) is 43.0 Å². The van der Waals surface area contributed by atoms with Crippen LogP contribution in [0.4, 0.5) is 5.69 Å². The second-order valence-corrected chi connectivity index (χ2v) is 9.36. The Morgan fingerprint density at radius 1 is 0.925 bits per heavy atom. The molecular formula is C28H27N5O6S. The minimum atomic E-state index is -0.942. The fraction of sp³-hybridized carbons (Fsp3) is 0.179. The van der Waals surface area contributed by atoms with Crippen LogP contribution in [0.2, 0.25) is 0 Å². The molecule has 11 nitrogen and oxygen atoms in total. The number of amides is 4. The van der Waals surface area contributed by atoms with Crippen LogP contribution in [0.15, 0.2) is 82.4 Å². The molecule has 0 saturated carbocycles. The summed E-state index contributed by atoms with van der Waals surface area (Å²) in [6, 6.07) is 19.3. The second kappa shape index (κ2) is 13.3. The van der Waals surface area contributed by atoms with Gasteiger partial charge in [-0.15, -0.1) is 0 Å². The highest BCUT2D eigenvalue weighted by Crippen LogP contribution is 2.23. The standard InChI is InChI=1S/C28H27N5O6S/c1-3-20(27(37)33-32-24(34)16-40-28-31-22-10-6-7-11-23(22)39-28)29-26(36)19-8-4-5-9-21(19)30-25(35)17-12-14-18(38-2)15-13-17/h4-15,20H,3,16H2,1-2H3,(H,29,36)(H,30,35)(H,32,34)(H,33,37)/t20-/m0/s1. The molecule has 4 aromatic rings. The number of benzene rings is 3. The second-order valence-electron chi connectivity index (χ2n) is 8.44. The molecule has 4 N–H and O–H groups in total. The molecule has 0 saturated heterocycles. The van der Waals surface area contributed by atoms with Gasteiger partial charge in [0, 0.05) is 5.56 Å². The summed E-state index contributed by atoms with van der Waals surface area (Å²) in [6.45, 7) is 1.72. The Labute approximate surface area is 234 Å². The molecule has 0 spiro atoms. The Hall–Kier alpha value is -4.84. The van der Waals surface area contributed by atoms with Gasteiger partial charge in [0.25, 0.3) is 22.9 Å². The first kappa shape index (κ1) is 28.2. The summed E-state index contributed by atoms with van der Waals surface area (Å²) in [5, 5.41) is 5.71. The molecule has 4 rings (SSSR count). The number of carbonyl (C=O) groups is 4. The van der Waals surface area contributed by atoms with Crippen LogP contribution < -0.4 is 26.2 Å². The number of ether oxygens (including phenoxy) is 1. The smallest absolute Gasteiger partial charge is 0.260 e. The molecule has 0 bridgehead atoms. The number of aromatic nitrogens is 1. The Balaban J connectivity index is 1.30. The van der Waals surface area contributed by atoms with Crippen LogP contribution in [0.3, 0.4) is 0 Å². The van der Waals surface area contributed by atoms with Gasteiger partial charge in [-0.2, -0.15) is 0 Å². The van der Waals surface area contributed by atoms with Crippen molar-refractivity contribution >= 4 is 52.2 Å². The van der Waals surface area contributed by atoms with Gasteiger partial charge in [0.1, 0.15) is 17.3 Å². The fourth-order valence-corrected chi connectivity index (χ4v) is 4.25. The molecule has 12 heteroatoms. The minimum Gasteiger partial charge on any atom is -0.497 e. The van der Waals surface area contributed by atoms with Crippen molar-refractivity contribution in [3.05, 3.63) is 83.9 Å². The van der Waals surface area contributed by atoms with Gasteiger partial charge in [0.2, 0.25) is 5.91 Å². The number of anilines is 1. The summed E-state index contributed by atoms with van der Waals surface area (Å²) in [7, 11) is 1.53. The largest absolute Gasteiger partial charge is 0.497 e. The van der Waals surface area contributed by atoms with E-state index in [0.717, 1.165) is 11.8 Å². The lowest BCUT2D eigenvalue weighted by Gasteiger charge is -2.18. The summed E-state index contributed by atoms with van der Waals surface area (Å²) < 4.78 is 10.7. The Kier molecular flexibility index (Phi) is 9.36. The molecule has 4 amide bonds. The van der Waals surface area contributed by atoms with Gasteiger partial charge >= 0.3 is 0 Å². The molecule has 40 heavy (non-hydrogen) atoms. The van der Waals surface area contributed by atoms with Crippen LogP contribution in [0.1, 0.15) is 34.1 Å². The first-order valence-corrected chi connectivity index (χ1v) is 13.3. The van der Waals surface area contributed by atoms with E-state index in [9.17, 15) is 19.2 Å². The van der Waals surface area contributed by atoms with Crippen molar-refractivity contribution < 1.29 is 28.3 Å². The van der Waals surface area contributed by atoms with Crippen molar-refractivity contribution in [3.8, 4) is 5.75 Å². The van der Waals surface area contributed by atoms with Crippen molar-refractivity contribution in [2.24, 2.45) is 0 Å². The third-order valence-corrected chi connectivity index (χ3v) is 6.56. The average molecular weight is 562 g/mol. The normalized spacial score (nSPS) is 11.3. The molecule has 0 unspecified atom stereocenters. The minimum absolute atomic E-state index is 0.0441. The van der Waals surface area contributed by atoms with E-state index in [4.69, 9.17) is 9.15 Å². The number of rotatable bonds is 10. The fourth-order valence-electron chi connectivity index (χ4n) is 3.61. The van der Waals surface area contributed by atoms with Gasteiger partial charge in [0.05, 0.1) is 24.1 Å². The van der Waals surface area contributed by atoms with Gasteiger partial charge in [0.15, 0.2) is 5.58 Å². The lowest BCUT2D eigenvalue weighted by atomic mass is 10.1. The van der Waals surface area contributed by atoms with Gasteiger partial charge < -0.3 is 19.8 Å². The van der Waals surface area contributed by atoms with Crippen LogP contribution in [-0.4, -0.2) is 47.5 Å². The first-order chi connectivity index (χ1) is 19.4. The van der Waals surface area contributed by atoms with Crippen LogP contribution in [0.25, 0.3) is 11.1 Å². The number of carbonyl (C=O) groups excluding carboxylic acids is 4. The molecule has 1 aromatic heterocycles. The molecule has 0 aliphatic heterocycles. The maximum Gasteiger partial charge on any atom is 0.260 e. The molecule has 206 valence electrons. The van der Waals surface area contributed by atoms with E-state index >= 15 is 0 Å². The first-order valence-electron chi connectivity index (χ1n) is 12.3. The van der Waals surface area contributed by atoms with Crippen LogP contribution in [0, 0.1) is 0 Å². The average Bonchev–Trinajstić information content (AvgIpc) is 3.41. The summed E-state index contributed by atoms with van der Waals surface area (Å²) >= 11 is 1.08. The Morgan fingerprint density at radius 2 is 1.65 bits per heavy atom. The SMILES string of the molecule is CC[C@H](NC(=O)c1ccccc1NC(=O)c1ccc(OC)cc1)C(=O)NNC(=O)CSc1nc2ccccc2o1. The summed E-state index contributed by atoms with van der Waals surface area (Å²) in [5.74, 6) is -1.49. The van der Waals surface area contributed by atoms with Crippen LogP contribution in [0.5, 0.6) is 5.75 Å². The number of hydrazine groups is 1. The van der Waals surface area contributed by atoms with Crippen molar-refractivity contribution in [1.29, 1.82) is 0 Å². The number of para-hydroxylation sites is 3. The maximum atomic E-state index is 13.0. The molecular weight excluding hydrogens is 534 g/mol. The van der Waals surface area contributed by atoms with E-state index in [0.29, 0.717) is 27.6 Å². The van der Waals surface area contributed by atoms with E-state index < -0.39 is 29.7 Å². The van der Waals surface area contributed by atoms with E-state index in [1.54, 1.807) is 61.5 Å². The lowest BCUT2D eigenvalue weighted by molar-refractivity contribution is -0.128. The number of fused-ring (bicyclic) bond motifs is 1. The van der Waals surface area contributed by atoms with Crippen LogP contribution >= 0.6 is 11.8 Å². The van der Waals surface area contributed by atoms with E-state index in [2.05, 4.69) is 26.5 Å². The monoisotopic (exact) mass is 561 g/mol. The number of nitrogens with one attached hydrogen (secondary N) is 4.